The molecule has 1 amide bonds. The molecule has 6 heteroatoms. The van der Waals surface area contributed by atoms with Gasteiger partial charge in [0.05, 0.1) is 6.61 Å². The number of halogens is 2. The number of ether oxygens (including phenoxy) is 1. The Hall–Kier alpha value is -1.69. The number of carbonyl (C=O) groups excluding carboxylic acids is 1. The third-order valence-corrected chi connectivity index (χ3v) is 3.05. The summed E-state index contributed by atoms with van der Waals surface area (Å²) in [7, 11) is 0. The van der Waals surface area contributed by atoms with Crippen molar-refractivity contribution in [3.63, 3.8) is 0 Å². The predicted molar refractivity (Wildman–Crippen MR) is 74.8 cm³/mol. The van der Waals surface area contributed by atoms with E-state index in [9.17, 15) is 18.7 Å². The van der Waals surface area contributed by atoms with Crippen molar-refractivity contribution in [2.45, 2.75) is 45.9 Å². The SMILES string of the molecule is CC(C)N(C(=O)OC(CO)c1ccc(F)c(F)c1)C(C)C. The van der Waals surface area contributed by atoms with Crippen LogP contribution >= 0.6 is 0 Å². The van der Waals surface area contributed by atoms with Gasteiger partial charge in [0.2, 0.25) is 0 Å². The smallest absolute Gasteiger partial charge is 0.410 e. The molecule has 0 fully saturated rings. The Balaban J connectivity index is 2.91. The maximum absolute atomic E-state index is 13.2. The lowest BCUT2D eigenvalue weighted by molar-refractivity contribution is 0.0199. The number of carbonyl (C=O) groups is 1. The normalized spacial score (nSPS) is 12.6. The highest BCUT2D eigenvalue weighted by Gasteiger charge is 2.25. The van der Waals surface area contributed by atoms with Crippen LogP contribution in [0, 0.1) is 11.6 Å². The van der Waals surface area contributed by atoms with E-state index in [2.05, 4.69) is 0 Å². The molecule has 0 bridgehead atoms. The molecule has 0 heterocycles. The Bertz CT molecular complexity index is 484. The van der Waals surface area contributed by atoms with E-state index >= 15 is 0 Å². The quantitative estimate of drug-likeness (QED) is 0.908. The number of rotatable bonds is 5. The van der Waals surface area contributed by atoms with Gasteiger partial charge < -0.3 is 14.7 Å². The first-order chi connectivity index (χ1) is 9.77. The summed E-state index contributed by atoms with van der Waals surface area (Å²) in [5.74, 6) is -2.04. The molecule has 1 N–H and O–H groups in total. The van der Waals surface area contributed by atoms with Crippen molar-refractivity contribution >= 4 is 6.09 Å². The fourth-order valence-electron chi connectivity index (χ4n) is 2.12. The second-order valence-electron chi connectivity index (χ2n) is 5.32. The van der Waals surface area contributed by atoms with Gasteiger partial charge in [0, 0.05) is 12.1 Å². The van der Waals surface area contributed by atoms with Crippen molar-refractivity contribution in [1.82, 2.24) is 4.90 Å². The van der Waals surface area contributed by atoms with Crippen molar-refractivity contribution in [2.75, 3.05) is 6.61 Å². The van der Waals surface area contributed by atoms with E-state index in [-0.39, 0.29) is 17.6 Å². The van der Waals surface area contributed by atoms with Crippen molar-refractivity contribution in [2.24, 2.45) is 0 Å². The minimum Gasteiger partial charge on any atom is -0.439 e. The van der Waals surface area contributed by atoms with E-state index < -0.39 is 30.4 Å². The van der Waals surface area contributed by atoms with E-state index in [1.807, 2.05) is 27.7 Å². The van der Waals surface area contributed by atoms with Gasteiger partial charge in [-0.2, -0.15) is 0 Å². The summed E-state index contributed by atoms with van der Waals surface area (Å²) in [6.07, 6.45) is -1.64. The number of nitrogens with zero attached hydrogens (tertiary/aromatic N) is 1. The average molecular weight is 301 g/mol. The maximum Gasteiger partial charge on any atom is 0.410 e. The molecular weight excluding hydrogens is 280 g/mol. The Morgan fingerprint density at radius 2 is 1.76 bits per heavy atom. The second kappa shape index (κ2) is 7.36. The fourth-order valence-corrected chi connectivity index (χ4v) is 2.12. The first kappa shape index (κ1) is 17.4. The van der Waals surface area contributed by atoms with Gasteiger partial charge in [-0.3, -0.25) is 0 Å². The largest absolute Gasteiger partial charge is 0.439 e. The van der Waals surface area contributed by atoms with Crippen LogP contribution in [0.3, 0.4) is 0 Å². The zero-order chi connectivity index (χ0) is 16.2. The van der Waals surface area contributed by atoms with Gasteiger partial charge in [0.15, 0.2) is 17.7 Å². The zero-order valence-corrected chi connectivity index (χ0v) is 12.6. The third kappa shape index (κ3) is 4.39. The first-order valence-electron chi connectivity index (χ1n) is 6.82. The zero-order valence-electron chi connectivity index (χ0n) is 12.6. The standard InChI is InChI=1S/C15H21F2NO3/c1-9(2)18(10(3)4)15(20)21-14(8-19)11-5-6-12(16)13(17)7-11/h5-7,9-10,14,19H,8H2,1-4H3. The summed E-state index contributed by atoms with van der Waals surface area (Å²) in [5.41, 5.74) is 0.206. The van der Waals surface area contributed by atoms with Crippen LogP contribution in [0.15, 0.2) is 18.2 Å². The van der Waals surface area contributed by atoms with Crippen LogP contribution in [0.25, 0.3) is 0 Å². The van der Waals surface area contributed by atoms with Crippen LogP contribution in [0.1, 0.15) is 39.4 Å². The minimum absolute atomic E-state index is 0.0817. The van der Waals surface area contributed by atoms with Gasteiger partial charge in [0.25, 0.3) is 0 Å². The molecule has 1 atom stereocenters. The van der Waals surface area contributed by atoms with Gasteiger partial charge in [-0.1, -0.05) is 6.07 Å². The number of aliphatic hydroxyl groups is 1. The molecule has 21 heavy (non-hydrogen) atoms. The molecule has 0 radical (unpaired) electrons. The topological polar surface area (TPSA) is 49.8 Å². The highest BCUT2D eigenvalue weighted by atomic mass is 19.2. The monoisotopic (exact) mass is 301 g/mol. The molecule has 0 aromatic heterocycles. The molecule has 1 aromatic carbocycles. The molecule has 4 nitrogen and oxygen atoms in total. The lowest BCUT2D eigenvalue weighted by Crippen LogP contribution is -2.43. The van der Waals surface area contributed by atoms with Crippen LogP contribution in [0.5, 0.6) is 0 Å². The Morgan fingerprint density at radius 1 is 1.19 bits per heavy atom. The van der Waals surface area contributed by atoms with Crippen molar-refractivity contribution < 1.29 is 23.4 Å². The fraction of sp³-hybridized carbons (Fsp3) is 0.533. The summed E-state index contributed by atoms with van der Waals surface area (Å²) in [6, 6.07) is 2.97. The molecule has 0 saturated carbocycles. The predicted octanol–water partition coefficient (Wildman–Crippen LogP) is 3.25. The van der Waals surface area contributed by atoms with Crippen LogP contribution in [0.4, 0.5) is 13.6 Å². The average Bonchev–Trinajstić information content (AvgIpc) is 2.38. The van der Waals surface area contributed by atoms with Crippen molar-refractivity contribution in [3.05, 3.63) is 35.4 Å². The van der Waals surface area contributed by atoms with Crippen LogP contribution in [-0.2, 0) is 4.74 Å². The van der Waals surface area contributed by atoms with Crippen LogP contribution in [-0.4, -0.2) is 34.8 Å². The summed E-state index contributed by atoms with van der Waals surface area (Å²) in [6.45, 7) is 6.85. The summed E-state index contributed by atoms with van der Waals surface area (Å²) >= 11 is 0. The Kier molecular flexibility index (Phi) is 6.08. The highest BCUT2D eigenvalue weighted by molar-refractivity contribution is 5.68. The van der Waals surface area contributed by atoms with E-state index in [0.717, 1.165) is 12.1 Å². The second-order valence-corrected chi connectivity index (χ2v) is 5.32. The Labute approximate surface area is 123 Å². The Morgan fingerprint density at radius 3 is 2.19 bits per heavy atom. The van der Waals surface area contributed by atoms with Crippen LogP contribution in [0.2, 0.25) is 0 Å². The molecule has 0 aliphatic carbocycles. The van der Waals surface area contributed by atoms with Gasteiger partial charge in [0.1, 0.15) is 0 Å². The molecule has 0 saturated heterocycles. The first-order valence-corrected chi connectivity index (χ1v) is 6.82. The molecule has 0 spiro atoms. The molecule has 1 rings (SSSR count). The lowest BCUT2D eigenvalue weighted by Gasteiger charge is -2.31. The maximum atomic E-state index is 13.2. The summed E-state index contributed by atoms with van der Waals surface area (Å²) < 4.78 is 31.3. The lowest BCUT2D eigenvalue weighted by atomic mass is 10.1. The van der Waals surface area contributed by atoms with Gasteiger partial charge >= 0.3 is 6.09 Å². The van der Waals surface area contributed by atoms with E-state index in [4.69, 9.17) is 4.74 Å². The number of benzene rings is 1. The van der Waals surface area contributed by atoms with Crippen molar-refractivity contribution in [3.8, 4) is 0 Å². The molecule has 0 aliphatic rings. The van der Waals surface area contributed by atoms with Gasteiger partial charge in [-0.25, -0.2) is 13.6 Å². The molecule has 118 valence electrons. The van der Waals surface area contributed by atoms with Gasteiger partial charge in [-0.05, 0) is 45.4 Å². The highest BCUT2D eigenvalue weighted by Crippen LogP contribution is 2.21. The van der Waals surface area contributed by atoms with Crippen LogP contribution < -0.4 is 0 Å². The third-order valence-electron chi connectivity index (χ3n) is 3.05. The minimum atomic E-state index is -1.05. The van der Waals surface area contributed by atoms with E-state index in [1.165, 1.54) is 11.0 Å². The van der Waals surface area contributed by atoms with Crippen molar-refractivity contribution in [1.29, 1.82) is 0 Å². The van der Waals surface area contributed by atoms with Gasteiger partial charge in [-0.15, -0.1) is 0 Å². The molecule has 0 aliphatic heterocycles. The molecule has 1 aromatic rings. The summed E-state index contributed by atoms with van der Waals surface area (Å²) in [5, 5.41) is 9.34. The number of hydrogen-bond donors (Lipinski definition) is 1. The molecular formula is C15H21F2NO3. The number of aliphatic hydroxyl groups excluding tert-OH is 1. The number of hydrogen-bond acceptors (Lipinski definition) is 3. The summed E-state index contributed by atoms with van der Waals surface area (Å²) in [4.78, 5) is 13.6. The number of amides is 1. The van der Waals surface area contributed by atoms with E-state index in [0.29, 0.717) is 0 Å². The molecule has 1 unspecified atom stereocenters. The van der Waals surface area contributed by atoms with E-state index in [1.54, 1.807) is 0 Å².